The number of morpholine rings is 1. The molecule has 1 N–H and O–H groups in total. The van der Waals surface area contributed by atoms with E-state index in [1.807, 2.05) is 6.20 Å². The van der Waals surface area contributed by atoms with Gasteiger partial charge in [0, 0.05) is 119 Å². The van der Waals surface area contributed by atoms with E-state index >= 15 is 8.78 Å². The van der Waals surface area contributed by atoms with Gasteiger partial charge < -0.3 is 24.2 Å². The van der Waals surface area contributed by atoms with Gasteiger partial charge in [0.2, 0.25) is 0 Å². The number of aryl methyl sites for hydroxylation is 1. The molecule has 58 heavy (non-hydrogen) atoms. The number of halogens is 2. The first-order chi connectivity index (χ1) is 28.2. The number of terminal acetylenes is 1. The van der Waals surface area contributed by atoms with Crippen LogP contribution in [0.1, 0.15) is 37.7 Å². The van der Waals surface area contributed by atoms with E-state index in [1.165, 1.54) is 24.3 Å². The molecular weight excluding hydrogens is 743 g/mol. The Kier molecular flexibility index (Phi) is 9.64. The number of benzene rings is 3. The van der Waals surface area contributed by atoms with Crippen molar-refractivity contribution in [1.82, 2.24) is 34.4 Å². The van der Waals surface area contributed by atoms with Crippen LogP contribution in [0.5, 0.6) is 11.8 Å². The summed E-state index contributed by atoms with van der Waals surface area (Å²) in [5, 5.41) is 17.8. The molecule has 5 aromatic rings. The maximum Gasteiger partial charge on any atom is 0.319 e. The summed E-state index contributed by atoms with van der Waals surface area (Å²) in [6.07, 6.45) is 12.8. The summed E-state index contributed by atoms with van der Waals surface area (Å²) in [4.78, 5) is 20.0. The predicted octanol–water partition coefficient (Wildman–Crippen LogP) is 5.17. The van der Waals surface area contributed by atoms with Crippen molar-refractivity contribution >= 4 is 38.4 Å². The lowest BCUT2D eigenvalue weighted by molar-refractivity contribution is -0.0391. The van der Waals surface area contributed by atoms with Gasteiger partial charge >= 0.3 is 6.01 Å². The topological polar surface area (TPSA) is 104 Å². The Morgan fingerprint density at radius 2 is 1.74 bits per heavy atom. The first-order valence-electron chi connectivity index (χ1n) is 20.7. The van der Waals surface area contributed by atoms with Crippen LogP contribution in [-0.4, -0.2) is 144 Å². The average molecular weight is 793 g/mol. The fraction of sp³-hybridized carbons (Fsp3) is 0.523. The molecule has 2 atom stereocenters. The Bertz CT molecular complexity index is 2420. The molecule has 14 heteroatoms. The number of ether oxygens (including phenoxy) is 3. The van der Waals surface area contributed by atoms with Crippen molar-refractivity contribution in [2.75, 3.05) is 90.8 Å². The molecule has 5 fully saturated rings. The lowest BCUT2D eigenvalue weighted by Crippen LogP contribution is -2.62. The summed E-state index contributed by atoms with van der Waals surface area (Å²) in [6, 6.07) is 6.77. The molecule has 1 aliphatic carbocycles. The van der Waals surface area contributed by atoms with Gasteiger partial charge in [0.15, 0.2) is 5.82 Å². The van der Waals surface area contributed by atoms with Crippen LogP contribution in [-0.2, 0) is 16.5 Å². The summed E-state index contributed by atoms with van der Waals surface area (Å²) in [7, 11) is 3.52. The Balaban J connectivity index is 1.07. The van der Waals surface area contributed by atoms with Gasteiger partial charge in [-0.1, -0.05) is 12.0 Å². The SMILES string of the molecule is C#Cc1c(F)ccc2cc(O)cc(-c3c(F)c4nc(OCC5(CN6CC(N7CCOCC7)C6)CC5)nc(N5[C@@H]6CC[C@H]5CN(CCCOC)C6)c4c4cn(C)nc34)c12. The standard InChI is InChI=1S/C44H50F2N8O4/c1-4-32-35(45)9-6-27-18-31(55)19-33(36(27)32)37-39(46)41-38(34-24-50(2)49-40(34)37)42(54-28-7-8-29(54)21-51(20-28)12-5-15-56-3)48-43(47-41)58-26-44(10-11-44)25-52-22-30(23-52)53-13-16-57-17-14-53/h1,6,9,18-19,24,28-30,55H,5,7-8,10-17,20-23,25-26H2,2-3H3/t28-,29+. The summed E-state index contributed by atoms with van der Waals surface area (Å²) < 4.78 is 52.3. The van der Waals surface area contributed by atoms with E-state index in [2.05, 4.69) is 25.5 Å². The van der Waals surface area contributed by atoms with Crippen LogP contribution in [0.3, 0.4) is 0 Å². The Hall–Kier alpha value is -4.65. The highest BCUT2D eigenvalue weighted by Crippen LogP contribution is 2.49. The molecule has 2 aromatic heterocycles. The van der Waals surface area contributed by atoms with Crippen molar-refractivity contribution < 1.29 is 28.1 Å². The molecule has 12 nitrogen and oxygen atoms in total. The minimum atomic E-state index is -0.657. The number of likely N-dealkylation sites (tertiary alicyclic amines) is 2. The van der Waals surface area contributed by atoms with E-state index in [0.717, 1.165) is 97.7 Å². The van der Waals surface area contributed by atoms with Gasteiger partial charge in [0.1, 0.15) is 28.4 Å². The zero-order chi connectivity index (χ0) is 39.7. The van der Waals surface area contributed by atoms with E-state index in [0.29, 0.717) is 52.1 Å². The number of rotatable bonds is 12. The molecule has 304 valence electrons. The van der Waals surface area contributed by atoms with Gasteiger partial charge in [0.25, 0.3) is 0 Å². The van der Waals surface area contributed by atoms with Crippen LogP contribution < -0.4 is 9.64 Å². The Morgan fingerprint density at radius 3 is 2.47 bits per heavy atom. The zero-order valence-electron chi connectivity index (χ0n) is 33.2. The molecule has 4 aliphatic heterocycles. The molecule has 5 aliphatic rings. The van der Waals surface area contributed by atoms with Crippen molar-refractivity contribution in [1.29, 1.82) is 0 Å². The van der Waals surface area contributed by atoms with E-state index in [9.17, 15) is 5.11 Å². The quantitative estimate of drug-likeness (QED) is 0.134. The van der Waals surface area contributed by atoms with Crippen LogP contribution in [0.25, 0.3) is 43.7 Å². The average Bonchev–Trinajstić information content (AvgIpc) is 3.79. The minimum absolute atomic E-state index is 0.00545. The number of piperazine rings is 1. The van der Waals surface area contributed by atoms with Crippen molar-refractivity contribution in [3.63, 3.8) is 0 Å². The van der Waals surface area contributed by atoms with Crippen molar-refractivity contribution in [2.45, 2.75) is 50.2 Å². The summed E-state index contributed by atoms with van der Waals surface area (Å²) in [5.41, 5.74) is 0.732. The van der Waals surface area contributed by atoms with Gasteiger partial charge in [-0.05, 0) is 61.3 Å². The molecule has 2 bridgehead atoms. The second-order valence-electron chi connectivity index (χ2n) is 17.1. The molecular formula is C44H50F2N8O4. The summed E-state index contributed by atoms with van der Waals surface area (Å²) in [6.45, 7) is 10.4. The van der Waals surface area contributed by atoms with Gasteiger partial charge in [0.05, 0.1) is 30.8 Å². The number of phenolic OH excluding ortho intramolecular Hbond substituents is 1. The minimum Gasteiger partial charge on any atom is -0.508 e. The third-order valence-electron chi connectivity index (χ3n) is 13.2. The summed E-state index contributed by atoms with van der Waals surface area (Å²) >= 11 is 0. The molecule has 6 heterocycles. The summed E-state index contributed by atoms with van der Waals surface area (Å²) in [5.74, 6) is 1.74. The molecule has 0 amide bonds. The number of anilines is 1. The lowest BCUT2D eigenvalue weighted by Gasteiger charge is -2.47. The van der Waals surface area contributed by atoms with Gasteiger partial charge in [-0.3, -0.25) is 19.4 Å². The second-order valence-corrected chi connectivity index (χ2v) is 17.1. The number of aromatic nitrogens is 4. The zero-order valence-corrected chi connectivity index (χ0v) is 33.2. The van der Waals surface area contributed by atoms with E-state index in [1.54, 1.807) is 18.8 Å². The first-order valence-corrected chi connectivity index (χ1v) is 20.7. The number of hydrogen-bond acceptors (Lipinski definition) is 11. The number of hydrogen-bond donors (Lipinski definition) is 1. The highest BCUT2D eigenvalue weighted by Gasteiger charge is 2.48. The maximum atomic E-state index is 17.9. The Labute approximate surface area is 336 Å². The van der Waals surface area contributed by atoms with E-state index in [4.69, 9.17) is 35.7 Å². The van der Waals surface area contributed by atoms with E-state index in [-0.39, 0.29) is 51.5 Å². The monoisotopic (exact) mass is 792 g/mol. The second kappa shape index (κ2) is 14.9. The number of nitrogens with zero attached hydrogens (tertiary/aromatic N) is 8. The van der Waals surface area contributed by atoms with Crippen LogP contribution in [0.4, 0.5) is 14.6 Å². The number of phenols is 1. The fourth-order valence-electron chi connectivity index (χ4n) is 10.2. The largest absolute Gasteiger partial charge is 0.508 e. The molecule has 0 spiro atoms. The normalized spacial score (nSPS) is 22.6. The highest BCUT2D eigenvalue weighted by atomic mass is 19.1. The Morgan fingerprint density at radius 1 is 0.983 bits per heavy atom. The maximum absolute atomic E-state index is 17.9. The molecule has 3 aromatic carbocycles. The van der Waals surface area contributed by atoms with Crippen LogP contribution in [0, 0.1) is 29.4 Å². The molecule has 0 unspecified atom stereocenters. The molecule has 0 radical (unpaired) electrons. The van der Waals surface area contributed by atoms with E-state index < -0.39 is 11.6 Å². The molecule has 4 saturated heterocycles. The number of aromatic hydroxyl groups is 1. The predicted molar refractivity (Wildman–Crippen MR) is 218 cm³/mol. The number of methoxy groups -OCH3 is 1. The van der Waals surface area contributed by atoms with Crippen LogP contribution >= 0.6 is 0 Å². The van der Waals surface area contributed by atoms with Crippen LogP contribution in [0.15, 0.2) is 30.5 Å². The number of fused-ring (bicyclic) bond motifs is 6. The third kappa shape index (κ3) is 6.61. The van der Waals surface area contributed by atoms with Crippen LogP contribution in [0.2, 0.25) is 0 Å². The lowest BCUT2D eigenvalue weighted by atomic mass is 9.91. The third-order valence-corrected chi connectivity index (χ3v) is 13.2. The van der Waals surface area contributed by atoms with Gasteiger partial charge in [-0.2, -0.15) is 15.1 Å². The smallest absolute Gasteiger partial charge is 0.319 e. The fourth-order valence-corrected chi connectivity index (χ4v) is 10.2. The molecule has 10 rings (SSSR count). The van der Waals surface area contributed by atoms with Gasteiger partial charge in [-0.15, -0.1) is 6.42 Å². The van der Waals surface area contributed by atoms with Crippen molar-refractivity contribution in [2.24, 2.45) is 12.5 Å². The first kappa shape index (κ1) is 37.6. The highest BCUT2D eigenvalue weighted by molar-refractivity contribution is 6.18. The van der Waals surface area contributed by atoms with Crippen molar-refractivity contribution in [3.05, 3.63) is 47.7 Å². The van der Waals surface area contributed by atoms with Gasteiger partial charge in [-0.25, -0.2) is 8.78 Å². The molecule has 1 saturated carbocycles. The van der Waals surface area contributed by atoms with Crippen molar-refractivity contribution in [3.8, 4) is 35.2 Å².